The molecule has 0 saturated heterocycles. The number of hydrogen-bond donors (Lipinski definition) is 0. The summed E-state index contributed by atoms with van der Waals surface area (Å²) in [6.45, 7) is 1.47. The van der Waals surface area contributed by atoms with Crippen LogP contribution in [-0.2, 0) is 4.79 Å². The van der Waals surface area contributed by atoms with Crippen molar-refractivity contribution in [2.24, 2.45) is 5.10 Å². The molecular formula is C17H15N3O3. The number of hydrazone groups is 1. The molecule has 1 aliphatic heterocycles. The molecule has 0 spiro atoms. The number of benzene rings is 2. The average Bonchev–Trinajstić information content (AvgIpc) is 3.01. The summed E-state index contributed by atoms with van der Waals surface area (Å²) >= 11 is 0. The number of carbonyl (C=O) groups excluding carboxylic acids is 1. The van der Waals surface area contributed by atoms with Gasteiger partial charge in [-0.15, -0.1) is 0 Å². The van der Waals surface area contributed by atoms with Gasteiger partial charge >= 0.3 is 0 Å². The van der Waals surface area contributed by atoms with Crippen molar-refractivity contribution in [2.45, 2.75) is 19.4 Å². The van der Waals surface area contributed by atoms with Gasteiger partial charge in [-0.05, 0) is 5.56 Å². The monoisotopic (exact) mass is 309 g/mol. The predicted molar refractivity (Wildman–Crippen MR) is 86.0 cm³/mol. The molecule has 2 aromatic rings. The van der Waals surface area contributed by atoms with Crippen LogP contribution in [-0.4, -0.2) is 21.6 Å². The molecule has 23 heavy (non-hydrogen) atoms. The highest BCUT2D eigenvalue weighted by atomic mass is 16.6. The van der Waals surface area contributed by atoms with E-state index in [-0.39, 0.29) is 17.6 Å². The number of non-ortho nitro benzene ring substituents is 1. The van der Waals surface area contributed by atoms with E-state index in [0.717, 1.165) is 5.56 Å². The number of nitro groups is 1. The topological polar surface area (TPSA) is 75.8 Å². The van der Waals surface area contributed by atoms with Crippen molar-refractivity contribution in [1.29, 1.82) is 0 Å². The Balaban J connectivity index is 1.96. The first-order chi connectivity index (χ1) is 11.1. The van der Waals surface area contributed by atoms with Crippen LogP contribution in [0.2, 0.25) is 0 Å². The molecular weight excluding hydrogens is 294 g/mol. The van der Waals surface area contributed by atoms with Gasteiger partial charge in [-0.3, -0.25) is 14.9 Å². The van der Waals surface area contributed by atoms with Gasteiger partial charge in [-0.2, -0.15) is 5.10 Å². The second-order valence-electron chi connectivity index (χ2n) is 5.35. The molecule has 0 N–H and O–H groups in total. The highest BCUT2D eigenvalue weighted by Gasteiger charge is 2.31. The molecule has 1 amide bonds. The molecule has 6 nitrogen and oxygen atoms in total. The molecule has 2 aromatic carbocycles. The van der Waals surface area contributed by atoms with E-state index in [0.29, 0.717) is 17.7 Å². The lowest BCUT2D eigenvalue weighted by Crippen LogP contribution is -2.24. The van der Waals surface area contributed by atoms with Gasteiger partial charge in [0.05, 0.1) is 16.7 Å². The Hall–Kier alpha value is -3.02. The summed E-state index contributed by atoms with van der Waals surface area (Å²) in [5.41, 5.74) is 2.36. The summed E-state index contributed by atoms with van der Waals surface area (Å²) in [7, 11) is 0. The predicted octanol–water partition coefficient (Wildman–Crippen LogP) is 3.29. The molecule has 1 heterocycles. The van der Waals surface area contributed by atoms with E-state index in [1.54, 1.807) is 12.1 Å². The summed E-state index contributed by atoms with van der Waals surface area (Å²) in [5.74, 6) is -0.153. The van der Waals surface area contributed by atoms with Crippen LogP contribution < -0.4 is 0 Å². The van der Waals surface area contributed by atoms with E-state index >= 15 is 0 Å². The maximum Gasteiger partial charge on any atom is 0.270 e. The Morgan fingerprint density at radius 3 is 2.61 bits per heavy atom. The van der Waals surface area contributed by atoms with E-state index in [9.17, 15) is 14.9 Å². The van der Waals surface area contributed by atoms with Gasteiger partial charge in [0.2, 0.25) is 5.91 Å². The number of carbonyl (C=O) groups is 1. The van der Waals surface area contributed by atoms with Gasteiger partial charge < -0.3 is 0 Å². The SMILES string of the molecule is CC(=O)N1N=C(c2cccc([N+](=O)[O-])c2)C[C@@H]1c1ccccc1. The van der Waals surface area contributed by atoms with Crippen LogP contribution in [0.25, 0.3) is 0 Å². The van der Waals surface area contributed by atoms with Gasteiger partial charge in [-0.25, -0.2) is 5.01 Å². The highest BCUT2D eigenvalue weighted by molar-refractivity contribution is 6.03. The summed E-state index contributed by atoms with van der Waals surface area (Å²) < 4.78 is 0. The maximum atomic E-state index is 11.9. The molecule has 0 bridgehead atoms. The molecule has 3 rings (SSSR count). The van der Waals surface area contributed by atoms with Gasteiger partial charge in [-0.1, -0.05) is 42.5 Å². The Morgan fingerprint density at radius 1 is 1.22 bits per heavy atom. The quantitative estimate of drug-likeness (QED) is 0.645. The Bertz CT molecular complexity index is 787. The normalized spacial score (nSPS) is 17.0. The molecule has 116 valence electrons. The fourth-order valence-corrected chi connectivity index (χ4v) is 2.71. The minimum Gasteiger partial charge on any atom is -0.273 e. The van der Waals surface area contributed by atoms with Crippen molar-refractivity contribution in [1.82, 2.24) is 5.01 Å². The van der Waals surface area contributed by atoms with Crippen LogP contribution in [0.1, 0.15) is 30.5 Å². The fourth-order valence-electron chi connectivity index (χ4n) is 2.71. The summed E-state index contributed by atoms with van der Waals surface area (Å²) in [6, 6.07) is 15.8. The Morgan fingerprint density at radius 2 is 1.96 bits per heavy atom. The van der Waals surface area contributed by atoms with Crippen molar-refractivity contribution in [3.8, 4) is 0 Å². The molecule has 6 heteroatoms. The first-order valence-electron chi connectivity index (χ1n) is 7.23. The Kier molecular flexibility index (Phi) is 3.89. The third-order valence-corrected chi connectivity index (χ3v) is 3.81. The van der Waals surface area contributed by atoms with Crippen molar-refractivity contribution >= 4 is 17.3 Å². The van der Waals surface area contributed by atoms with E-state index < -0.39 is 4.92 Å². The van der Waals surface area contributed by atoms with Crippen molar-refractivity contribution in [3.63, 3.8) is 0 Å². The van der Waals surface area contributed by atoms with Gasteiger partial charge in [0.25, 0.3) is 5.69 Å². The minimum absolute atomic E-state index is 0.0164. The first-order valence-corrected chi connectivity index (χ1v) is 7.23. The molecule has 1 atom stereocenters. The lowest BCUT2D eigenvalue weighted by atomic mass is 9.98. The second kappa shape index (κ2) is 6.00. The lowest BCUT2D eigenvalue weighted by Gasteiger charge is -2.20. The van der Waals surface area contributed by atoms with E-state index in [1.807, 2.05) is 30.3 Å². The smallest absolute Gasteiger partial charge is 0.270 e. The van der Waals surface area contributed by atoms with Crippen LogP contribution in [0.5, 0.6) is 0 Å². The zero-order valence-corrected chi connectivity index (χ0v) is 12.5. The van der Waals surface area contributed by atoms with Crippen molar-refractivity contribution in [3.05, 3.63) is 75.8 Å². The van der Waals surface area contributed by atoms with Gasteiger partial charge in [0, 0.05) is 31.0 Å². The Labute approximate surface area is 133 Å². The van der Waals surface area contributed by atoms with Gasteiger partial charge in [0.1, 0.15) is 0 Å². The van der Waals surface area contributed by atoms with Gasteiger partial charge in [0.15, 0.2) is 0 Å². The zero-order chi connectivity index (χ0) is 16.4. The van der Waals surface area contributed by atoms with Crippen LogP contribution in [0.15, 0.2) is 59.7 Å². The standard InChI is InChI=1S/C17H15N3O3/c1-12(21)19-17(13-6-3-2-4-7-13)11-16(18-19)14-8-5-9-15(10-14)20(22)23/h2-10,17H,11H2,1H3/t17-/m1/s1. The summed E-state index contributed by atoms with van der Waals surface area (Å²) in [5, 5.41) is 16.8. The third-order valence-electron chi connectivity index (χ3n) is 3.81. The largest absolute Gasteiger partial charge is 0.273 e. The number of rotatable bonds is 3. The molecule has 0 saturated carbocycles. The van der Waals surface area contributed by atoms with Crippen LogP contribution in [0, 0.1) is 10.1 Å². The average molecular weight is 309 g/mol. The minimum atomic E-state index is -0.434. The molecule has 0 aromatic heterocycles. The van der Waals surface area contributed by atoms with E-state index in [2.05, 4.69) is 5.10 Å². The molecule has 0 fully saturated rings. The van der Waals surface area contributed by atoms with Crippen LogP contribution in [0.4, 0.5) is 5.69 Å². The van der Waals surface area contributed by atoms with Crippen molar-refractivity contribution < 1.29 is 9.72 Å². The molecule has 0 unspecified atom stereocenters. The highest BCUT2D eigenvalue weighted by Crippen LogP contribution is 2.33. The molecule has 1 aliphatic rings. The number of hydrogen-bond acceptors (Lipinski definition) is 4. The van der Waals surface area contributed by atoms with Crippen LogP contribution >= 0.6 is 0 Å². The first kappa shape index (κ1) is 14.9. The number of nitro benzene ring substituents is 1. The maximum absolute atomic E-state index is 11.9. The van der Waals surface area contributed by atoms with Crippen LogP contribution in [0.3, 0.4) is 0 Å². The second-order valence-corrected chi connectivity index (χ2v) is 5.35. The molecule has 0 radical (unpaired) electrons. The van der Waals surface area contributed by atoms with E-state index in [1.165, 1.54) is 24.1 Å². The summed E-state index contributed by atoms with van der Waals surface area (Å²) in [4.78, 5) is 22.4. The van der Waals surface area contributed by atoms with Crippen molar-refractivity contribution in [2.75, 3.05) is 0 Å². The number of amides is 1. The zero-order valence-electron chi connectivity index (χ0n) is 12.5. The summed E-state index contributed by atoms with van der Waals surface area (Å²) in [6.07, 6.45) is 0.533. The lowest BCUT2D eigenvalue weighted by molar-refractivity contribution is -0.384. The van der Waals surface area contributed by atoms with E-state index in [4.69, 9.17) is 0 Å². The molecule has 0 aliphatic carbocycles. The third kappa shape index (κ3) is 2.96. The fraction of sp³-hybridized carbons (Fsp3) is 0.176. The number of nitrogens with zero attached hydrogens (tertiary/aromatic N) is 3.